The van der Waals surface area contributed by atoms with E-state index in [1.54, 1.807) is 27.7 Å². The number of aromatic nitrogens is 1. The molecule has 0 fully saturated rings. The number of pyridine rings is 1. The predicted octanol–water partition coefficient (Wildman–Crippen LogP) is 2.89. The molecule has 1 unspecified atom stereocenters. The molecule has 1 atom stereocenters. The van der Waals surface area contributed by atoms with Crippen LogP contribution in [0.5, 0.6) is 5.75 Å². The maximum Gasteiger partial charge on any atom is 0.276 e. The summed E-state index contributed by atoms with van der Waals surface area (Å²) in [6, 6.07) is 0.224. The average Bonchev–Trinajstić information content (AvgIpc) is 2.75. The first-order valence-corrected chi connectivity index (χ1v) is 10.5. The van der Waals surface area contributed by atoms with E-state index in [0.29, 0.717) is 12.1 Å². The molecule has 0 saturated carbocycles. The van der Waals surface area contributed by atoms with Crippen LogP contribution >= 0.6 is 0 Å². The monoisotopic (exact) mass is 480 g/mol. The van der Waals surface area contributed by atoms with Crippen LogP contribution in [0.15, 0.2) is 35.8 Å². The first-order valence-electron chi connectivity index (χ1n) is 10.5. The summed E-state index contributed by atoms with van der Waals surface area (Å²) in [4.78, 5) is 39.9. The van der Waals surface area contributed by atoms with Crippen LogP contribution in [0, 0.1) is 17.5 Å². The lowest BCUT2D eigenvalue weighted by Gasteiger charge is -2.28. The molecule has 3 N–H and O–H groups in total. The first-order chi connectivity index (χ1) is 15.9. The summed E-state index contributed by atoms with van der Waals surface area (Å²) in [6.45, 7) is 10.1. The fourth-order valence-corrected chi connectivity index (χ4v) is 3.23. The number of hydrogen-bond donors (Lipinski definition) is 3. The molecule has 0 radical (unpaired) electrons. The van der Waals surface area contributed by atoms with Crippen LogP contribution in [-0.2, 0) is 6.54 Å². The molecule has 2 rings (SSSR count). The summed E-state index contributed by atoms with van der Waals surface area (Å²) in [6.07, 6.45) is 2.54. The minimum Gasteiger partial charge on any atom is -0.502 e. The molecule has 0 saturated heterocycles. The number of aromatic hydroxyl groups is 1. The smallest absolute Gasteiger partial charge is 0.276 e. The van der Waals surface area contributed by atoms with Crippen LogP contribution in [-0.4, -0.2) is 45.1 Å². The third-order valence-corrected chi connectivity index (χ3v) is 4.99. The first kappa shape index (κ1) is 26.5. The topological polar surface area (TPSA) is 104 Å². The molecule has 0 aliphatic carbocycles. The molecule has 11 heteroatoms. The third kappa shape index (κ3) is 5.59. The third-order valence-electron chi connectivity index (χ3n) is 4.99. The van der Waals surface area contributed by atoms with E-state index in [1.165, 1.54) is 11.0 Å². The Balaban J connectivity index is 2.50. The lowest BCUT2D eigenvalue weighted by atomic mass is 10.1. The van der Waals surface area contributed by atoms with Crippen LogP contribution in [0.25, 0.3) is 0 Å². The van der Waals surface area contributed by atoms with Gasteiger partial charge in [0, 0.05) is 49.1 Å². The van der Waals surface area contributed by atoms with Crippen LogP contribution in [0.2, 0.25) is 0 Å². The molecule has 34 heavy (non-hydrogen) atoms. The molecule has 2 aromatic rings. The number of nitrogens with zero attached hydrogens (tertiary/aromatic N) is 2. The van der Waals surface area contributed by atoms with Gasteiger partial charge in [0.05, 0.1) is 0 Å². The number of likely N-dealkylation sites (N-methyl/N-ethyl adjacent to an activating group) is 1. The van der Waals surface area contributed by atoms with Crippen molar-refractivity contribution in [2.24, 2.45) is 0 Å². The lowest BCUT2D eigenvalue weighted by Crippen LogP contribution is -2.42. The van der Waals surface area contributed by atoms with Gasteiger partial charge in [-0.3, -0.25) is 19.1 Å². The van der Waals surface area contributed by atoms with E-state index in [0.717, 1.165) is 10.9 Å². The van der Waals surface area contributed by atoms with Crippen LogP contribution in [0.3, 0.4) is 0 Å². The Labute approximate surface area is 194 Å². The van der Waals surface area contributed by atoms with Crippen molar-refractivity contribution in [1.29, 1.82) is 0 Å². The Morgan fingerprint density at radius 3 is 2.29 bits per heavy atom. The molecule has 0 aliphatic rings. The second-order valence-electron chi connectivity index (χ2n) is 7.82. The van der Waals surface area contributed by atoms with E-state index >= 15 is 0 Å². The van der Waals surface area contributed by atoms with E-state index in [9.17, 15) is 32.7 Å². The normalized spacial score (nSPS) is 11.8. The Morgan fingerprint density at radius 2 is 1.79 bits per heavy atom. The molecule has 184 valence electrons. The van der Waals surface area contributed by atoms with E-state index in [2.05, 4.69) is 17.3 Å². The van der Waals surface area contributed by atoms with E-state index in [-0.39, 0.29) is 18.3 Å². The van der Waals surface area contributed by atoms with Gasteiger partial charge in [0.2, 0.25) is 5.43 Å². The van der Waals surface area contributed by atoms with Crippen molar-refractivity contribution >= 4 is 11.8 Å². The number of rotatable bonds is 9. The summed E-state index contributed by atoms with van der Waals surface area (Å²) in [5.74, 6) is -6.26. The second-order valence-corrected chi connectivity index (χ2v) is 7.82. The highest BCUT2D eigenvalue weighted by Gasteiger charge is 2.29. The van der Waals surface area contributed by atoms with Crippen LogP contribution in [0.1, 0.15) is 54.1 Å². The van der Waals surface area contributed by atoms with Crippen LogP contribution < -0.4 is 16.2 Å². The van der Waals surface area contributed by atoms with Crippen molar-refractivity contribution in [2.45, 2.75) is 46.3 Å². The average molecular weight is 480 g/mol. The number of carbonyl (C=O) groups excluding carboxylic acids is 2. The Hall–Kier alpha value is -3.76. The van der Waals surface area contributed by atoms with Gasteiger partial charge in [-0.2, -0.15) is 0 Å². The van der Waals surface area contributed by atoms with Crippen molar-refractivity contribution in [3.63, 3.8) is 0 Å². The Morgan fingerprint density at radius 1 is 1.21 bits per heavy atom. The van der Waals surface area contributed by atoms with Crippen LogP contribution in [0.4, 0.5) is 13.2 Å². The SMILES string of the molecule is C=CC(C)N(CC)C(=O)c1c(O)c(=O)c(C(=O)NCc2c(F)cc(F)cc2F)cn1NC(C)C. The van der Waals surface area contributed by atoms with E-state index in [4.69, 9.17) is 0 Å². The largest absolute Gasteiger partial charge is 0.502 e. The molecule has 0 aliphatic heterocycles. The minimum atomic E-state index is -1.21. The van der Waals surface area contributed by atoms with Gasteiger partial charge in [-0.25, -0.2) is 13.2 Å². The lowest BCUT2D eigenvalue weighted by molar-refractivity contribution is 0.0719. The van der Waals surface area contributed by atoms with Crippen molar-refractivity contribution < 1.29 is 27.9 Å². The maximum absolute atomic E-state index is 13.9. The summed E-state index contributed by atoms with van der Waals surface area (Å²) >= 11 is 0. The molecule has 1 aromatic carbocycles. The van der Waals surface area contributed by atoms with Gasteiger partial charge in [0.1, 0.15) is 23.0 Å². The van der Waals surface area contributed by atoms with Crippen molar-refractivity contribution in [1.82, 2.24) is 14.9 Å². The maximum atomic E-state index is 13.9. The molecular weight excluding hydrogens is 453 g/mol. The van der Waals surface area contributed by atoms with E-state index in [1.807, 2.05) is 0 Å². The van der Waals surface area contributed by atoms with Gasteiger partial charge in [-0.15, -0.1) is 6.58 Å². The fourth-order valence-electron chi connectivity index (χ4n) is 3.23. The fraction of sp³-hybridized carbons (Fsp3) is 0.348. The zero-order chi connectivity index (χ0) is 25.7. The van der Waals surface area contributed by atoms with Crippen molar-refractivity contribution in [3.8, 4) is 5.75 Å². The Bertz CT molecular complexity index is 1140. The molecular formula is C23H27F3N4O4. The van der Waals surface area contributed by atoms with Crippen molar-refractivity contribution in [3.05, 3.63) is 75.5 Å². The summed E-state index contributed by atoms with van der Waals surface area (Å²) < 4.78 is 41.9. The van der Waals surface area contributed by atoms with Gasteiger partial charge in [-0.05, 0) is 27.7 Å². The number of nitrogens with one attached hydrogen (secondary N) is 2. The number of hydrogen-bond acceptors (Lipinski definition) is 5. The highest BCUT2D eigenvalue weighted by atomic mass is 19.1. The van der Waals surface area contributed by atoms with Gasteiger partial charge in [-0.1, -0.05) is 6.08 Å². The molecule has 2 amide bonds. The number of halogens is 3. The predicted molar refractivity (Wildman–Crippen MR) is 121 cm³/mol. The molecule has 1 heterocycles. The molecule has 0 spiro atoms. The van der Waals surface area contributed by atoms with Crippen molar-refractivity contribution in [2.75, 3.05) is 12.0 Å². The minimum absolute atomic E-state index is 0.248. The quantitative estimate of drug-likeness (QED) is 0.479. The standard InChI is InChI=1S/C23H27F3N4O4/c1-6-13(5)29(7-2)23(34)19-21(32)20(31)16(11-30(19)28-12(3)4)22(33)27-10-15-17(25)8-14(24)9-18(15)26/h6,8-9,11-13,28,32H,1,7,10H2,2-5H3,(H,27,33). The molecule has 0 bridgehead atoms. The number of carbonyl (C=O) groups is 2. The van der Waals surface area contributed by atoms with Gasteiger partial charge >= 0.3 is 0 Å². The summed E-state index contributed by atoms with van der Waals surface area (Å²) in [5, 5.41) is 12.8. The zero-order valence-corrected chi connectivity index (χ0v) is 19.3. The van der Waals surface area contributed by atoms with Gasteiger partial charge in [0.25, 0.3) is 11.8 Å². The summed E-state index contributed by atoms with van der Waals surface area (Å²) in [7, 11) is 0. The van der Waals surface area contributed by atoms with E-state index < -0.39 is 64.2 Å². The van der Waals surface area contributed by atoms with Gasteiger partial charge in [0.15, 0.2) is 11.4 Å². The Kier molecular flexibility index (Phi) is 8.50. The second kappa shape index (κ2) is 10.9. The summed E-state index contributed by atoms with van der Waals surface area (Å²) in [5.41, 5.74) is 0.132. The highest BCUT2D eigenvalue weighted by Crippen LogP contribution is 2.19. The number of benzene rings is 1. The zero-order valence-electron chi connectivity index (χ0n) is 19.3. The highest BCUT2D eigenvalue weighted by molar-refractivity contribution is 5.98. The van der Waals surface area contributed by atoms with Gasteiger partial charge < -0.3 is 20.7 Å². The molecule has 1 aromatic heterocycles. The number of amides is 2. The molecule has 8 nitrogen and oxygen atoms in total.